The number of esters is 1. The van der Waals surface area contributed by atoms with Crippen LogP contribution in [0.5, 0.6) is 0 Å². The van der Waals surface area contributed by atoms with Gasteiger partial charge in [-0.25, -0.2) is 0 Å². The molecule has 2 aromatic carbocycles. The van der Waals surface area contributed by atoms with E-state index >= 15 is 0 Å². The molecule has 0 spiro atoms. The van der Waals surface area contributed by atoms with Crippen molar-refractivity contribution in [3.8, 4) is 0 Å². The Hall–Kier alpha value is -2.11. The number of anilines is 1. The Morgan fingerprint density at radius 3 is 2.64 bits per heavy atom. The van der Waals surface area contributed by atoms with Crippen LogP contribution in [0.25, 0.3) is 10.9 Å². The minimum absolute atomic E-state index is 0.167. The van der Waals surface area contributed by atoms with E-state index in [4.69, 9.17) is 22.1 Å². The number of aromatic nitrogens is 1. The monoisotopic (exact) mass is 374 g/mol. The summed E-state index contributed by atoms with van der Waals surface area (Å²) in [6, 6.07) is 13.4. The topological polar surface area (TPSA) is 57.2 Å². The number of benzene rings is 2. The zero-order chi connectivity index (χ0) is 18.0. The van der Waals surface area contributed by atoms with Crippen molar-refractivity contribution in [1.82, 2.24) is 4.57 Å². The summed E-state index contributed by atoms with van der Waals surface area (Å²) in [5.41, 5.74) is 8.86. The van der Waals surface area contributed by atoms with Crippen molar-refractivity contribution in [2.24, 2.45) is 0 Å². The van der Waals surface area contributed by atoms with E-state index in [1.54, 1.807) is 18.7 Å². The second-order valence-corrected chi connectivity index (χ2v) is 7.12. The van der Waals surface area contributed by atoms with Crippen molar-refractivity contribution in [3.63, 3.8) is 0 Å². The van der Waals surface area contributed by atoms with E-state index in [0.29, 0.717) is 17.3 Å². The Kier molecular flexibility index (Phi) is 5.25. The molecule has 0 aliphatic carbocycles. The second kappa shape index (κ2) is 7.42. The number of carbonyl (C=O) groups excluding carboxylic acids is 1. The molecule has 6 heteroatoms. The van der Waals surface area contributed by atoms with E-state index in [2.05, 4.69) is 0 Å². The van der Waals surface area contributed by atoms with E-state index in [0.717, 1.165) is 26.4 Å². The predicted molar refractivity (Wildman–Crippen MR) is 103 cm³/mol. The maximum atomic E-state index is 12.0. The average molecular weight is 375 g/mol. The summed E-state index contributed by atoms with van der Waals surface area (Å²) in [5.74, 6) is -0.257. The summed E-state index contributed by atoms with van der Waals surface area (Å²) in [5, 5.41) is 1.66. The largest absolute Gasteiger partial charge is 0.465 e. The van der Waals surface area contributed by atoms with Gasteiger partial charge in [0.25, 0.3) is 0 Å². The zero-order valence-corrected chi connectivity index (χ0v) is 15.7. The van der Waals surface area contributed by atoms with Crippen molar-refractivity contribution < 1.29 is 9.53 Å². The number of nitrogen functional groups attached to an aromatic ring is 1. The standard InChI is InChI=1S/C19H19ClN2O2S/c1-3-24-17(23)11-22-12(2)19(18-15(21)5-4-6-16(18)22)25-14-9-7-13(20)8-10-14/h4-10H,3,11,21H2,1-2H3. The van der Waals surface area contributed by atoms with Crippen molar-refractivity contribution in [3.05, 3.63) is 53.2 Å². The molecule has 130 valence electrons. The van der Waals surface area contributed by atoms with Gasteiger partial charge in [-0.3, -0.25) is 4.79 Å². The molecule has 0 amide bonds. The summed E-state index contributed by atoms with van der Waals surface area (Å²) >= 11 is 7.59. The van der Waals surface area contributed by atoms with Crippen LogP contribution in [0.1, 0.15) is 12.6 Å². The van der Waals surface area contributed by atoms with Gasteiger partial charge in [-0.15, -0.1) is 0 Å². The van der Waals surface area contributed by atoms with Gasteiger partial charge < -0.3 is 15.0 Å². The van der Waals surface area contributed by atoms with Crippen LogP contribution in [0.4, 0.5) is 5.69 Å². The van der Waals surface area contributed by atoms with Crippen molar-refractivity contribution in [2.75, 3.05) is 12.3 Å². The van der Waals surface area contributed by atoms with E-state index in [1.165, 1.54) is 0 Å². The van der Waals surface area contributed by atoms with Crippen LogP contribution in [0.2, 0.25) is 5.02 Å². The number of fused-ring (bicyclic) bond motifs is 1. The Balaban J connectivity index is 2.09. The van der Waals surface area contributed by atoms with Gasteiger partial charge in [-0.05, 0) is 50.2 Å². The number of hydrogen-bond donors (Lipinski definition) is 1. The molecule has 4 nitrogen and oxygen atoms in total. The first-order valence-corrected chi connectivity index (χ1v) is 9.17. The minimum Gasteiger partial charge on any atom is -0.465 e. The summed E-state index contributed by atoms with van der Waals surface area (Å²) in [6.45, 7) is 4.33. The fraction of sp³-hybridized carbons (Fsp3) is 0.211. The summed E-state index contributed by atoms with van der Waals surface area (Å²) in [6.07, 6.45) is 0. The minimum atomic E-state index is -0.257. The molecule has 0 aliphatic heterocycles. The van der Waals surface area contributed by atoms with Crippen LogP contribution < -0.4 is 5.73 Å². The van der Waals surface area contributed by atoms with Crippen LogP contribution in [0.3, 0.4) is 0 Å². The fourth-order valence-electron chi connectivity index (χ4n) is 2.80. The van der Waals surface area contributed by atoms with Crippen molar-refractivity contribution in [2.45, 2.75) is 30.2 Å². The molecule has 0 fully saturated rings. The van der Waals surface area contributed by atoms with E-state index in [-0.39, 0.29) is 12.5 Å². The number of rotatable bonds is 5. The molecular weight excluding hydrogens is 356 g/mol. The lowest BCUT2D eigenvalue weighted by atomic mass is 10.2. The summed E-state index contributed by atoms with van der Waals surface area (Å²) in [7, 11) is 0. The smallest absolute Gasteiger partial charge is 0.325 e. The van der Waals surface area contributed by atoms with Crippen molar-refractivity contribution in [1.29, 1.82) is 0 Å². The number of halogens is 1. The SMILES string of the molecule is CCOC(=O)Cn1c(C)c(Sc2ccc(Cl)cc2)c2c(N)cccc21. The molecule has 0 unspecified atom stereocenters. The highest BCUT2D eigenvalue weighted by atomic mass is 35.5. The highest BCUT2D eigenvalue weighted by Crippen LogP contribution is 2.41. The number of ether oxygens (including phenoxy) is 1. The molecule has 0 atom stereocenters. The normalized spacial score (nSPS) is 11.0. The van der Waals surface area contributed by atoms with Gasteiger partial charge in [0.15, 0.2) is 0 Å². The summed E-state index contributed by atoms with van der Waals surface area (Å²) < 4.78 is 7.07. The molecule has 1 heterocycles. The average Bonchev–Trinajstić information content (AvgIpc) is 2.84. The molecule has 3 aromatic rings. The number of nitrogens with zero attached hydrogens (tertiary/aromatic N) is 1. The number of nitrogens with two attached hydrogens (primary N) is 1. The van der Waals surface area contributed by atoms with Gasteiger partial charge >= 0.3 is 5.97 Å². The van der Waals surface area contributed by atoms with Crippen molar-refractivity contribution >= 4 is 45.9 Å². The molecular formula is C19H19ClN2O2S. The molecule has 1 aromatic heterocycles. The van der Waals surface area contributed by atoms with Gasteiger partial charge in [0, 0.05) is 31.6 Å². The third kappa shape index (κ3) is 3.62. The molecule has 3 rings (SSSR count). The highest BCUT2D eigenvalue weighted by molar-refractivity contribution is 7.99. The molecule has 0 radical (unpaired) electrons. The number of carbonyl (C=O) groups is 1. The van der Waals surface area contributed by atoms with Crippen LogP contribution in [-0.2, 0) is 16.1 Å². The lowest BCUT2D eigenvalue weighted by Crippen LogP contribution is -2.14. The van der Waals surface area contributed by atoms with Gasteiger partial charge in [-0.2, -0.15) is 0 Å². The fourth-order valence-corrected chi connectivity index (χ4v) is 4.02. The lowest BCUT2D eigenvalue weighted by Gasteiger charge is -2.08. The van der Waals surface area contributed by atoms with E-state index in [1.807, 2.05) is 54.0 Å². The molecule has 2 N–H and O–H groups in total. The molecule has 0 bridgehead atoms. The molecule has 0 saturated carbocycles. The van der Waals surface area contributed by atoms with Crippen LogP contribution in [-0.4, -0.2) is 17.1 Å². The third-order valence-electron chi connectivity index (χ3n) is 3.95. The second-order valence-electron chi connectivity index (χ2n) is 5.60. The third-order valence-corrected chi connectivity index (χ3v) is 5.42. The van der Waals surface area contributed by atoms with E-state index in [9.17, 15) is 4.79 Å². The van der Waals surface area contributed by atoms with Gasteiger partial charge in [-0.1, -0.05) is 29.4 Å². The summed E-state index contributed by atoms with van der Waals surface area (Å²) in [4.78, 5) is 14.1. The van der Waals surface area contributed by atoms with Crippen LogP contribution in [0, 0.1) is 6.92 Å². The Bertz CT molecular complexity index is 919. The highest BCUT2D eigenvalue weighted by Gasteiger charge is 2.19. The van der Waals surface area contributed by atoms with Gasteiger partial charge in [0.05, 0.1) is 12.1 Å². The first-order chi connectivity index (χ1) is 12.0. The zero-order valence-electron chi connectivity index (χ0n) is 14.1. The molecule has 0 saturated heterocycles. The van der Waals surface area contributed by atoms with Gasteiger partial charge in [0.1, 0.15) is 6.54 Å². The Morgan fingerprint density at radius 1 is 1.24 bits per heavy atom. The van der Waals surface area contributed by atoms with Gasteiger partial charge in [0.2, 0.25) is 0 Å². The lowest BCUT2D eigenvalue weighted by molar-refractivity contribution is -0.143. The first kappa shape index (κ1) is 17.7. The maximum absolute atomic E-state index is 12.0. The quantitative estimate of drug-likeness (QED) is 0.509. The molecule has 25 heavy (non-hydrogen) atoms. The van der Waals surface area contributed by atoms with Crippen LogP contribution >= 0.6 is 23.4 Å². The maximum Gasteiger partial charge on any atom is 0.325 e. The molecule has 0 aliphatic rings. The Labute approximate surface area is 155 Å². The predicted octanol–water partition coefficient (Wildman–Crippen LogP) is 4.90. The Morgan fingerprint density at radius 2 is 1.96 bits per heavy atom. The number of hydrogen-bond acceptors (Lipinski definition) is 4. The first-order valence-electron chi connectivity index (χ1n) is 7.97. The van der Waals surface area contributed by atoms with Crippen LogP contribution in [0.15, 0.2) is 52.3 Å². The van der Waals surface area contributed by atoms with E-state index < -0.39 is 0 Å².